The summed E-state index contributed by atoms with van der Waals surface area (Å²) in [5.74, 6) is 0.565. The highest BCUT2D eigenvalue weighted by atomic mass is 32.2. The minimum atomic E-state index is 0.105. The highest BCUT2D eigenvalue weighted by molar-refractivity contribution is 8.00. The lowest BCUT2D eigenvalue weighted by molar-refractivity contribution is -0.119. The molecule has 0 bridgehead atoms. The smallest absolute Gasteiger partial charge is 0.230 e. The van der Waals surface area contributed by atoms with E-state index in [2.05, 4.69) is 19.2 Å². The Morgan fingerprint density at radius 1 is 1.40 bits per heavy atom. The largest absolute Gasteiger partial charge is 0.399 e. The fourth-order valence-corrected chi connectivity index (χ4v) is 2.78. The van der Waals surface area contributed by atoms with Crippen LogP contribution in [0.4, 0.5) is 5.69 Å². The second-order valence-electron chi connectivity index (χ2n) is 5.27. The van der Waals surface area contributed by atoms with Crippen molar-refractivity contribution in [1.29, 1.82) is 0 Å². The first-order valence-electron chi connectivity index (χ1n) is 7.31. The van der Waals surface area contributed by atoms with Crippen molar-refractivity contribution in [3.8, 4) is 0 Å². The molecule has 0 fully saturated rings. The lowest BCUT2D eigenvalue weighted by Gasteiger charge is -2.13. The first-order chi connectivity index (χ1) is 9.52. The second kappa shape index (κ2) is 8.90. The standard InChI is InChI=1S/C16H26N2OS/c1-4-5-6-7-13(3)18-16(19)11-20-14-8-9-15(17)12(2)10-14/h8-10,13H,4-7,11,17H2,1-3H3,(H,18,19). The molecule has 112 valence electrons. The number of aryl methyl sites for hydroxylation is 1. The molecule has 1 amide bonds. The molecule has 0 aliphatic heterocycles. The molecule has 1 aromatic carbocycles. The van der Waals surface area contributed by atoms with Crippen molar-refractivity contribution in [3.05, 3.63) is 23.8 Å². The average Bonchev–Trinajstić information content (AvgIpc) is 2.40. The van der Waals surface area contributed by atoms with Crippen LogP contribution >= 0.6 is 11.8 Å². The summed E-state index contributed by atoms with van der Waals surface area (Å²) >= 11 is 1.55. The van der Waals surface area contributed by atoms with E-state index >= 15 is 0 Å². The van der Waals surface area contributed by atoms with Gasteiger partial charge in [0.05, 0.1) is 5.75 Å². The Balaban J connectivity index is 2.30. The van der Waals surface area contributed by atoms with Crippen molar-refractivity contribution in [2.45, 2.75) is 57.4 Å². The zero-order chi connectivity index (χ0) is 15.0. The molecule has 3 N–H and O–H groups in total. The Morgan fingerprint density at radius 3 is 2.80 bits per heavy atom. The third kappa shape index (κ3) is 6.33. The minimum absolute atomic E-state index is 0.105. The summed E-state index contributed by atoms with van der Waals surface area (Å²) in [5, 5.41) is 3.05. The number of hydrogen-bond donors (Lipinski definition) is 2. The Hall–Kier alpha value is -1.16. The number of nitrogens with two attached hydrogens (primary N) is 1. The Morgan fingerprint density at radius 2 is 2.15 bits per heavy atom. The molecule has 0 saturated heterocycles. The van der Waals surface area contributed by atoms with Gasteiger partial charge < -0.3 is 11.1 Å². The molecule has 0 aromatic heterocycles. The minimum Gasteiger partial charge on any atom is -0.399 e. The number of rotatable bonds is 8. The van der Waals surface area contributed by atoms with E-state index in [9.17, 15) is 4.79 Å². The molecule has 0 aliphatic rings. The first-order valence-corrected chi connectivity index (χ1v) is 8.29. The van der Waals surface area contributed by atoms with E-state index in [4.69, 9.17) is 5.73 Å². The van der Waals surface area contributed by atoms with Gasteiger partial charge in [0.1, 0.15) is 0 Å². The van der Waals surface area contributed by atoms with Gasteiger partial charge in [-0.3, -0.25) is 4.79 Å². The fourth-order valence-electron chi connectivity index (χ4n) is 1.98. The molecular weight excluding hydrogens is 268 g/mol. The zero-order valence-corrected chi connectivity index (χ0v) is 13.6. The van der Waals surface area contributed by atoms with E-state index in [1.807, 2.05) is 25.1 Å². The van der Waals surface area contributed by atoms with Gasteiger partial charge in [-0.25, -0.2) is 0 Å². The van der Waals surface area contributed by atoms with E-state index in [1.165, 1.54) is 19.3 Å². The summed E-state index contributed by atoms with van der Waals surface area (Å²) in [5.41, 5.74) is 7.63. The quantitative estimate of drug-likeness (QED) is 0.436. The van der Waals surface area contributed by atoms with Crippen LogP contribution in [0.25, 0.3) is 0 Å². The third-order valence-corrected chi connectivity index (χ3v) is 4.25. The summed E-state index contributed by atoms with van der Waals surface area (Å²) in [4.78, 5) is 12.9. The van der Waals surface area contributed by atoms with E-state index in [-0.39, 0.29) is 11.9 Å². The van der Waals surface area contributed by atoms with Crippen LogP contribution in [-0.2, 0) is 4.79 Å². The summed E-state index contributed by atoms with van der Waals surface area (Å²) in [6.07, 6.45) is 4.69. The van der Waals surface area contributed by atoms with Crippen LogP contribution in [0.3, 0.4) is 0 Å². The highest BCUT2D eigenvalue weighted by Crippen LogP contribution is 2.22. The maximum atomic E-state index is 11.9. The molecular formula is C16H26N2OS. The van der Waals surface area contributed by atoms with E-state index in [0.717, 1.165) is 22.6 Å². The Bertz CT molecular complexity index is 434. The summed E-state index contributed by atoms with van der Waals surface area (Å²) in [7, 11) is 0. The molecule has 0 saturated carbocycles. The van der Waals surface area contributed by atoms with Crippen LogP contribution in [0.15, 0.2) is 23.1 Å². The number of nitrogen functional groups attached to an aromatic ring is 1. The van der Waals surface area contributed by atoms with Gasteiger partial charge in [-0.05, 0) is 44.0 Å². The normalized spacial score (nSPS) is 12.2. The third-order valence-electron chi connectivity index (χ3n) is 3.26. The molecule has 0 spiro atoms. The Kier molecular flexibility index (Phi) is 7.52. The van der Waals surface area contributed by atoms with Crippen molar-refractivity contribution in [2.75, 3.05) is 11.5 Å². The van der Waals surface area contributed by atoms with Crippen molar-refractivity contribution in [2.24, 2.45) is 0 Å². The highest BCUT2D eigenvalue weighted by Gasteiger charge is 2.08. The maximum absolute atomic E-state index is 11.9. The number of thioether (sulfide) groups is 1. The second-order valence-corrected chi connectivity index (χ2v) is 6.32. The van der Waals surface area contributed by atoms with Gasteiger partial charge in [0, 0.05) is 16.6 Å². The van der Waals surface area contributed by atoms with E-state index in [1.54, 1.807) is 11.8 Å². The van der Waals surface area contributed by atoms with Crippen molar-refractivity contribution >= 4 is 23.4 Å². The number of anilines is 1. The lowest BCUT2D eigenvalue weighted by atomic mass is 10.1. The van der Waals surface area contributed by atoms with Crippen LogP contribution in [0.2, 0.25) is 0 Å². The van der Waals surface area contributed by atoms with Crippen LogP contribution in [0, 0.1) is 6.92 Å². The van der Waals surface area contributed by atoms with Crippen molar-refractivity contribution < 1.29 is 4.79 Å². The number of hydrogen-bond acceptors (Lipinski definition) is 3. The number of unbranched alkanes of at least 4 members (excludes halogenated alkanes) is 2. The molecule has 0 aliphatic carbocycles. The Labute approximate surface area is 126 Å². The van der Waals surface area contributed by atoms with Crippen molar-refractivity contribution in [3.63, 3.8) is 0 Å². The molecule has 4 heteroatoms. The van der Waals surface area contributed by atoms with Gasteiger partial charge in [0.15, 0.2) is 0 Å². The van der Waals surface area contributed by atoms with E-state index in [0.29, 0.717) is 5.75 Å². The van der Waals surface area contributed by atoms with Gasteiger partial charge in [-0.1, -0.05) is 26.2 Å². The molecule has 0 heterocycles. The van der Waals surface area contributed by atoms with Crippen molar-refractivity contribution in [1.82, 2.24) is 5.32 Å². The first kappa shape index (κ1) is 16.9. The van der Waals surface area contributed by atoms with Gasteiger partial charge in [-0.15, -0.1) is 11.8 Å². The predicted octanol–water partition coefficient (Wildman–Crippen LogP) is 3.75. The van der Waals surface area contributed by atoms with Gasteiger partial charge >= 0.3 is 0 Å². The maximum Gasteiger partial charge on any atom is 0.230 e. The fraction of sp³-hybridized carbons (Fsp3) is 0.562. The number of carbonyl (C=O) groups excluding carboxylic acids is 1. The average molecular weight is 294 g/mol. The zero-order valence-electron chi connectivity index (χ0n) is 12.7. The molecule has 1 unspecified atom stereocenters. The molecule has 1 atom stereocenters. The monoisotopic (exact) mass is 294 g/mol. The summed E-state index contributed by atoms with van der Waals surface area (Å²) < 4.78 is 0. The predicted molar refractivity (Wildman–Crippen MR) is 88.1 cm³/mol. The number of carbonyl (C=O) groups is 1. The van der Waals surface area contributed by atoms with Crippen LogP contribution in [0.1, 0.15) is 45.1 Å². The van der Waals surface area contributed by atoms with Gasteiger partial charge in [-0.2, -0.15) is 0 Å². The summed E-state index contributed by atoms with van der Waals surface area (Å²) in [6.45, 7) is 6.25. The number of nitrogens with one attached hydrogen (secondary N) is 1. The van der Waals surface area contributed by atoms with Crippen LogP contribution < -0.4 is 11.1 Å². The molecule has 0 radical (unpaired) electrons. The van der Waals surface area contributed by atoms with Crippen LogP contribution in [-0.4, -0.2) is 17.7 Å². The molecule has 1 aromatic rings. The number of benzene rings is 1. The van der Waals surface area contributed by atoms with Gasteiger partial charge in [0.2, 0.25) is 5.91 Å². The summed E-state index contributed by atoms with van der Waals surface area (Å²) in [6, 6.07) is 6.15. The van der Waals surface area contributed by atoms with E-state index < -0.39 is 0 Å². The lowest BCUT2D eigenvalue weighted by Crippen LogP contribution is -2.33. The molecule has 1 rings (SSSR count). The van der Waals surface area contributed by atoms with Crippen LogP contribution in [0.5, 0.6) is 0 Å². The molecule has 20 heavy (non-hydrogen) atoms. The number of amides is 1. The molecule has 3 nitrogen and oxygen atoms in total. The van der Waals surface area contributed by atoms with Gasteiger partial charge in [0.25, 0.3) is 0 Å². The topological polar surface area (TPSA) is 55.1 Å². The SMILES string of the molecule is CCCCCC(C)NC(=O)CSc1ccc(N)c(C)c1.